The van der Waals surface area contributed by atoms with Gasteiger partial charge in [-0.3, -0.25) is 14.5 Å². The molecule has 0 aromatic heterocycles. The Morgan fingerprint density at radius 2 is 1.39 bits per heavy atom. The summed E-state index contributed by atoms with van der Waals surface area (Å²) in [5.74, 6) is -0.686. The van der Waals surface area contributed by atoms with E-state index in [0.717, 1.165) is 32.7 Å². The highest BCUT2D eigenvalue weighted by atomic mass is 16.2. The summed E-state index contributed by atoms with van der Waals surface area (Å²) >= 11 is 0. The first-order chi connectivity index (χ1) is 11.2. The van der Waals surface area contributed by atoms with E-state index in [1.165, 1.54) is 5.56 Å². The lowest BCUT2D eigenvalue weighted by molar-refractivity contribution is -0.153. The topological polar surface area (TPSA) is 55.9 Å². The van der Waals surface area contributed by atoms with Crippen LogP contribution < -0.4 is 5.32 Å². The summed E-state index contributed by atoms with van der Waals surface area (Å²) in [6.45, 7) is 6.57. The molecule has 0 bridgehead atoms. The quantitative estimate of drug-likeness (QED) is 0.766. The molecule has 2 aliphatic rings. The lowest BCUT2D eigenvalue weighted by atomic mass is 10.2. The van der Waals surface area contributed by atoms with Crippen LogP contribution in [0, 0.1) is 0 Å². The van der Waals surface area contributed by atoms with E-state index in [1.807, 2.05) is 18.2 Å². The second kappa shape index (κ2) is 7.57. The number of nitrogens with one attached hydrogen (secondary N) is 1. The van der Waals surface area contributed by atoms with E-state index in [9.17, 15) is 9.59 Å². The second-order valence-electron chi connectivity index (χ2n) is 6.10. The molecule has 2 aliphatic heterocycles. The van der Waals surface area contributed by atoms with Gasteiger partial charge in [0, 0.05) is 58.9 Å². The molecule has 0 saturated carbocycles. The number of hydrogen-bond acceptors (Lipinski definition) is 4. The van der Waals surface area contributed by atoms with E-state index in [-0.39, 0.29) is 11.8 Å². The van der Waals surface area contributed by atoms with Crippen molar-refractivity contribution >= 4 is 11.8 Å². The molecule has 0 atom stereocenters. The van der Waals surface area contributed by atoms with Gasteiger partial charge in [-0.25, -0.2) is 0 Å². The molecule has 0 radical (unpaired) electrons. The highest BCUT2D eigenvalue weighted by molar-refractivity contribution is 6.34. The van der Waals surface area contributed by atoms with Crippen molar-refractivity contribution in [2.24, 2.45) is 0 Å². The van der Waals surface area contributed by atoms with Crippen LogP contribution in [-0.4, -0.2) is 78.9 Å². The number of hydrogen-bond donors (Lipinski definition) is 1. The molecular formula is C17H24N4O2. The van der Waals surface area contributed by atoms with Crippen molar-refractivity contribution in [2.45, 2.75) is 6.54 Å². The summed E-state index contributed by atoms with van der Waals surface area (Å²) in [5.41, 5.74) is 1.28. The summed E-state index contributed by atoms with van der Waals surface area (Å²) in [7, 11) is 0. The van der Waals surface area contributed by atoms with E-state index in [2.05, 4.69) is 22.3 Å². The average molecular weight is 316 g/mol. The van der Waals surface area contributed by atoms with Crippen molar-refractivity contribution in [1.29, 1.82) is 0 Å². The first-order valence-corrected chi connectivity index (χ1v) is 8.29. The second-order valence-corrected chi connectivity index (χ2v) is 6.10. The molecule has 0 unspecified atom stereocenters. The fourth-order valence-electron chi connectivity index (χ4n) is 3.09. The highest BCUT2D eigenvalue weighted by Gasteiger charge is 2.30. The molecule has 23 heavy (non-hydrogen) atoms. The Kier molecular flexibility index (Phi) is 5.25. The molecule has 1 N–H and O–H groups in total. The van der Waals surface area contributed by atoms with Gasteiger partial charge in [0.15, 0.2) is 0 Å². The summed E-state index contributed by atoms with van der Waals surface area (Å²) in [4.78, 5) is 30.3. The minimum absolute atomic E-state index is 0.341. The lowest BCUT2D eigenvalue weighted by Gasteiger charge is -2.36. The van der Waals surface area contributed by atoms with Crippen LogP contribution in [0.2, 0.25) is 0 Å². The summed E-state index contributed by atoms with van der Waals surface area (Å²) in [6, 6.07) is 10.3. The summed E-state index contributed by atoms with van der Waals surface area (Å²) in [6.07, 6.45) is 0. The molecule has 6 heteroatoms. The Hall–Kier alpha value is -1.92. The van der Waals surface area contributed by atoms with Gasteiger partial charge in [-0.2, -0.15) is 0 Å². The van der Waals surface area contributed by atoms with Gasteiger partial charge in [0.05, 0.1) is 0 Å². The maximum absolute atomic E-state index is 12.4. The molecule has 1 aromatic carbocycles. The van der Waals surface area contributed by atoms with E-state index < -0.39 is 0 Å². The fourth-order valence-corrected chi connectivity index (χ4v) is 3.09. The Morgan fingerprint density at radius 3 is 2.00 bits per heavy atom. The van der Waals surface area contributed by atoms with Gasteiger partial charge in [0.2, 0.25) is 0 Å². The molecule has 1 aromatic rings. The van der Waals surface area contributed by atoms with E-state index in [0.29, 0.717) is 26.2 Å². The van der Waals surface area contributed by atoms with E-state index >= 15 is 0 Å². The van der Waals surface area contributed by atoms with Crippen LogP contribution in [0.25, 0.3) is 0 Å². The van der Waals surface area contributed by atoms with Gasteiger partial charge in [-0.05, 0) is 5.56 Å². The third-order valence-corrected chi connectivity index (χ3v) is 4.50. The van der Waals surface area contributed by atoms with Crippen molar-refractivity contribution in [2.75, 3.05) is 52.4 Å². The first-order valence-electron chi connectivity index (χ1n) is 8.29. The zero-order chi connectivity index (χ0) is 16.1. The maximum Gasteiger partial charge on any atom is 0.312 e. The Balaban J connectivity index is 1.48. The largest absolute Gasteiger partial charge is 0.332 e. The number of carbonyl (C=O) groups is 2. The Labute approximate surface area is 137 Å². The average Bonchev–Trinajstić information content (AvgIpc) is 2.63. The lowest BCUT2D eigenvalue weighted by Crippen LogP contribution is -2.55. The number of piperazine rings is 2. The molecule has 0 aliphatic carbocycles. The van der Waals surface area contributed by atoms with E-state index in [1.54, 1.807) is 9.80 Å². The summed E-state index contributed by atoms with van der Waals surface area (Å²) in [5, 5.41) is 3.19. The van der Waals surface area contributed by atoms with E-state index in [4.69, 9.17) is 0 Å². The van der Waals surface area contributed by atoms with Crippen LogP contribution in [0.5, 0.6) is 0 Å². The van der Waals surface area contributed by atoms with Crippen LogP contribution in [0.3, 0.4) is 0 Å². The fraction of sp³-hybridized carbons (Fsp3) is 0.529. The predicted molar refractivity (Wildman–Crippen MR) is 87.7 cm³/mol. The maximum atomic E-state index is 12.4. The van der Waals surface area contributed by atoms with Crippen molar-refractivity contribution in [3.8, 4) is 0 Å². The van der Waals surface area contributed by atoms with Gasteiger partial charge in [-0.1, -0.05) is 30.3 Å². The molecule has 124 valence electrons. The summed E-state index contributed by atoms with van der Waals surface area (Å²) < 4.78 is 0. The van der Waals surface area contributed by atoms with Gasteiger partial charge < -0.3 is 15.1 Å². The molecule has 2 fully saturated rings. The molecule has 0 spiro atoms. The van der Waals surface area contributed by atoms with Crippen molar-refractivity contribution in [3.63, 3.8) is 0 Å². The molecule has 6 nitrogen and oxygen atoms in total. The molecule has 2 amide bonds. The van der Waals surface area contributed by atoms with Gasteiger partial charge in [0.25, 0.3) is 0 Å². The van der Waals surface area contributed by atoms with Gasteiger partial charge in [-0.15, -0.1) is 0 Å². The number of benzene rings is 1. The van der Waals surface area contributed by atoms with Crippen molar-refractivity contribution < 1.29 is 9.59 Å². The third-order valence-electron chi connectivity index (χ3n) is 4.50. The van der Waals surface area contributed by atoms with Gasteiger partial charge >= 0.3 is 11.8 Å². The van der Waals surface area contributed by atoms with Crippen LogP contribution in [0.4, 0.5) is 0 Å². The zero-order valence-electron chi connectivity index (χ0n) is 13.4. The highest BCUT2D eigenvalue weighted by Crippen LogP contribution is 2.09. The van der Waals surface area contributed by atoms with Crippen LogP contribution >= 0.6 is 0 Å². The van der Waals surface area contributed by atoms with Crippen LogP contribution in [0.15, 0.2) is 30.3 Å². The van der Waals surface area contributed by atoms with Crippen LogP contribution in [-0.2, 0) is 16.1 Å². The molecule has 2 heterocycles. The van der Waals surface area contributed by atoms with Gasteiger partial charge in [0.1, 0.15) is 0 Å². The SMILES string of the molecule is O=C(C(=O)N1CCN(Cc2ccccc2)CC1)N1CCNCC1. The Bertz CT molecular complexity index is 535. The first kappa shape index (κ1) is 16.0. The smallest absolute Gasteiger partial charge is 0.312 e. The van der Waals surface area contributed by atoms with Crippen molar-refractivity contribution in [1.82, 2.24) is 20.0 Å². The zero-order valence-corrected chi connectivity index (χ0v) is 13.4. The number of amides is 2. The molecule has 2 saturated heterocycles. The molecular weight excluding hydrogens is 292 g/mol. The normalized spacial score (nSPS) is 19.7. The number of rotatable bonds is 2. The monoisotopic (exact) mass is 316 g/mol. The predicted octanol–water partition coefficient (Wildman–Crippen LogP) is -0.237. The number of carbonyl (C=O) groups excluding carboxylic acids is 2. The number of nitrogens with zero attached hydrogens (tertiary/aromatic N) is 3. The van der Waals surface area contributed by atoms with Crippen LogP contribution in [0.1, 0.15) is 5.56 Å². The minimum atomic E-state index is -0.344. The minimum Gasteiger partial charge on any atom is -0.332 e. The van der Waals surface area contributed by atoms with Crippen molar-refractivity contribution in [3.05, 3.63) is 35.9 Å². The third kappa shape index (κ3) is 4.09. The standard InChI is InChI=1S/C17H24N4O2/c22-16(20-8-6-18-7-9-20)17(23)21-12-10-19(11-13-21)14-15-4-2-1-3-5-15/h1-5,18H,6-14H2. The molecule has 3 rings (SSSR count). The Morgan fingerprint density at radius 1 is 0.826 bits per heavy atom.